The third-order valence-corrected chi connectivity index (χ3v) is 8.97. The summed E-state index contributed by atoms with van der Waals surface area (Å²) in [5.41, 5.74) is 5.28. The maximum absolute atomic E-state index is 11.8. The number of carboxylic acid groups (broad SMARTS) is 1. The fraction of sp³-hybridized carbons (Fsp3) is 0.281. The SMILES string of the molecule is COC(=O)CCCSC1c2cc(OCc3ccc4ccc(Cl)cc4n3)ccc2CC1Cc1ccccc1C(=O)O. The van der Waals surface area contributed by atoms with Gasteiger partial charge in [-0.15, -0.1) is 0 Å². The lowest BCUT2D eigenvalue weighted by Gasteiger charge is -2.21. The van der Waals surface area contributed by atoms with Crippen LogP contribution >= 0.6 is 23.4 Å². The van der Waals surface area contributed by atoms with E-state index in [0.717, 1.165) is 46.5 Å². The number of nitrogens with zero attached hydrogens (tertiary/aromatic N) is 1. The van der Waals surface area contributed by atoms with Gasteiger partial charge in [-0.25, -0.2) is 9.78 Å². The number of carbonyl (C=O) groups excluding carboxylic acids is 1. The lowest BCUT2D eigenvalue weighted by molar-refractivity contribution is -0.140. The molecule has 1 N–H and O–H groups in total. The highest BCUT2D eigenvalue weighted by molar-refractivity contribution is 7.99. The van der Waals surface area contributed by atoms with Gasteiger partial charge in [-0.3, -0.25) is 4.79 Å². The van der Waals surface area contributed by atoms with Crippen LogP contribution in [0.25, 0.3) is 10.9 Å². The first-order chi connectivity index (χ1) is 19.4. The second-order valence-electron chi connectivity index (χ2n) is 9.89. The van der Waals surface area contributed by atoms with Crippen LogP contribution < -0.4 is 4.74 Å². The molecule has 4 aromatic rings. The summed E-state index contributed by atoms with van der Waals surface area (Å²) < 4.78 is 11.0. The number of halogens is 1. The summed E-state index contributed by atoms with van der Waals surface area (Å²) in [6.45, 7) is 0.327. The molecule has 0 saturated carbocycles. The topological polar surface area (TPSA) is 85.7 Å². The zero-order valence-corrected chi connectivity index (χ0v) is 23.7. The molecule has 2 unspecified atom stereocenters. The molecule has 206 valence electrons. The lowest BCUT2D eigenvalue weighted by Crippen LogP contribution is -2.12. The van der Waals surface area contributed by atoms with E-state index in [1.54, 1.807) is 12.1 Å². The fourth-order valence-corrected chi connectivity index (χ4v) is 6.85. The molecule has 5 rings (SSSR count). The van der Waals surface area contributed by atoms with Crippen LogP contribution in [0.3, 0.4) is 0 Å². The van der Waals surface area contributed by atoms with Gasteiger partial charge in [0.1, 0.15) is 12.4 Å². The number of aromatic carboxylic acids is 1. The number of pyridine rings is 1. The Kier molecular flexibility index (Phi) is 8.92. The average Bonchev–Trinajstić information content (AvgIpc) is 3.29. The van der Waals surface area contributed by atoms with Gasteiger partial charge in [-0.05, 0) is 84.0 Å². The van der Waals surface area contributed by atoms with Crippen LogP contribution in [0.2, 0.25) is 5.02 Å². The molecule has 0 saturated heterocycles. The van der Waals surface area contributed by atoms with Crippen LogP contribution in [0.1, 0.15) is 50.8 Å². The van der Waals surface area contributed by atoms with Gasteiger partial charge < -0.3 is 14.6 Å². The van der Waals surface area contributed by atoms with Crippen molar-refractivity contribution in [3.63, 3.8) is 0 Å². The van der Waals surface area contributed by atoms with Gasteiger partial charge in [-0.1, -0.05) is 48.0 Å². The third-order valence-electron chi connectivity index (χ3n) is 7.21. The Morgan fingerprint density at radius 1 is 1.07 bits per heavy atom. The molecule has 0 spiro atoms. The molecule has 1 aliphatic rings. The number of methoxy groups -OCH3 is 1. The largest absolute Gasteiger partial charge is 0.487 e. The maximum Gasteiger partial charge on any atom is 0.335 e. The summed E-state index contributed by atoms with van der Waals surface area (Å²) in [4.78, 5) is 28.2. The molecule has 0 bridgehead atoms. The van der Waals surface area contributed by atoms with Crippen molar-refractivity contribution in [2.75, 3.05) is 12.9 Å². The van der Waals surface area contributed by atoms with Crippen LogP contribution in [0, 0.1) is 5.92 Å². The molecule has 40 heavy (non-hydrogen) atoms. The molecular formula is C32H30ClNO5S. The lowest BCUT2D eigenvalue weighted by atomic mass is 9.93. The highest BCUT2D eigenvalue weighted by Gasteiger charge is 2.34. The van der Waals surface area contributed by atoms with Gasteiger partial charge in [0, 0.05) is 22.1 Å². The highest BCUT2D eigenvalue weighted by Crippen LogP contribution is 2.48. The molecule has 1 heterocycles. The first-order valence-corrected chi connectivity index (χ1v) is 14.6. The number of aromatic nitrogens is 1. The minimum absolute atomic E-state index is 0.152. The van der Waals surface area contributed by atoms with Crippen molar-refractivity contribution in [3.05, 3.63) is 106 Å². The van der Waals surface area contributed by atoms with Crippen molar-refractivity contribution >= 4 is 46.2 Å². The number of hydrogen-bond donors (Lipinski definition) is 1. The number of thioether (sulfide) groups is 1. The van der Waals surface area contributed by atoms with E-state index in [-0.39, 0.29) is 17.1 Å². The molecule has 1 aliphatic carbocycles. The predicted molar refractivity (Wildman–Crippen MR) is 158 cm³/mol. The third kappa shape index (κ3) is 6.60. The van der Waals surface area contributed by atoms with Crippen LogP contribution in [-0.2, 0) is 29.0 Å². The van der Waals surface area contributed by atoms with Crippen molar-refractivity contribution in [2.45, 2.75) is 37.5 Å². The van der Waals surface area contributed by atoms with Crippen molar-refractivity contribution in [3.8, 4) is 5.75 Å². The van der Waals surface area contributed by atoms with Crippen LogP contribution in [0.4, 0.5) is 0 Å². The van der Waals surface area contributed by atoms with E-state index in [4.69, 9.17) is 26.1 Å². The number of rotatable bonds is 11. The molecule has 0 aliphatic heterocycles. The molecule has 0 radical (unpaired) electrons. The van der Waals surface area contributed by atoms with E-state index in [9.17, 15) is 14.7 Å². The minimum Gasteiger partial charge on any atom is -0.487 e. The van der Waals surface area contributed by atoms with Crippen molar-refractivity contribution in [1.82, 2.24) is 4.98 Å². The monoisotopic (exact) mass is 575 g/mol. The second-order valence-corrected chi connectivity index (χ2v) is 11.6. The molecule has 2 atom stereocenters. The number of esters is 1. The van der Waals surface area contributed by atoms with E-state index in [2.05, 4.69) is 12.1 Å². The number of fused-ring (bicyclic) bond motifs is 2. The van der Waals surface area contributed by atoms with E-state index in [1.807, 2.05) is 60.3 Å². The van der Waals surface area contributed by atoms with Crippen LogP contribution in [-0.4, -0.2) is 34.9 Å². The first-order valence-electron chi connectivity index (χ1n) is 13.2. The summed E-state index contributed by atoms with van der Waals surface area (Å²) in [6, 6.07) is 23.1. The Hall–Kier alpha value is -3.55. The Bertz CT molecular complexity index is 1540. The van der Waals surface area contributed by atoms with Crippen molar-refractivity contribution < 1.29 is 24.2 Å². The summed E-state index contributed by atoms with van der Waals surface area (Å²) in [5, 5.41) is 11.5. The summed E-state index contributed by atoms with van der Waals surface area (Å²) in [7, 11) is 1.41. The van der Waals surface area contributed by atoms with Crippen molar-refractivity contribution in [1.29, 1.82) is 0 Å². The second kappa shape index (κ2) is 12.7. The zero-order chi connectivity index (χ0) is 28.1. The predicted octanol–water partition coefficient (Wildman–Crippen LogP) is 7.31. The zero-order valence-electron chi connectivity index (χ0n) is 22.1. The Morgan fingerprint density at radius 3 is 2.73 bits per heavy atom. The minimum atomic E-state index is -0.909. The highest BCUT2D eigenvalue weighted by atomic mass is 35.5. The van der Waals surface area contributed by atoms with Gasteiger partial charge in [0.2, 0.25) is 0 Å². The number of carbonyl (C=O) groups is 2. The molecule has 8 heteroatoms. The molecule has 6 nitrogen and oxygen atoms in total. The fourth-order valence-electron chi connectivity index (χ4n) is 5.25. The smallest absolute Gasteiger partial charge is 0.335 e. The summed E-state index contributed by atoms with van der Waals surface area (Å²) >= 11 is 7.95. The summed E-state index contributed by atoms with van der Waals surface area (Å²) in [6.07, 6.45) is 2.61. The van der Waals surface area contributed by atoms with Gasteiger partial charge in [0.15, 0.2) is 0 Å². The molecule has 3 aromatic carbocycles. The normalized spacial score (nSPS) is 16.1. The maximum atomic E-state index is 11.8. The molecular weight excluding hydrogens is 546 g/mol. The van der Waals surface area contributed by atoms with Gasteiger partial charge in [0.05, 0.1) is 23.9 Å². The van der Waals surface area contributed by atoms with E-state index in [0.29, 0.717) is 30.0 Å². The molecule has 0 amide bonds. The number of ether oxygens (including phenoxy) is 2. The summed E-state index contributed by atoms with van der Waals surface area (Å²) in [5.74, 6) is 0.665. The Balaban J connectivity index is 1.34. The average molecular weight is 576 g/mol. The van der Waals surface area contributed by atoms with E-state index >= 15 is 0 Å². The van der Waals surface area contributed by atoms with Crippen molar-refractivity contribution in [2.24, 2.45) is 5.92 Å². The number of benzene rings is 3. The quantitative estimate of drug-likeness (QED) is 0.148. The number of hydrogen-bond acceptors (Lipinski definition) is 6. The first kappa shape index (κ1) is 28.0. The molecule has 0 fully saturated rings. The van der Waals surface area contributed by atoms with E-state index < -0.39 is 5.97 Å². The van der Waals surface area contributed by atoms with Gasteiger partial charge >= 0.3 is 11.9 Å². The van der Waals surface area contributed by atoms with E-state index in [1.165, 1.54) is 18.2 Å². The van der Waals surface area contributed by atoms with Gasteiger partial charge in [-0.2, -0.15) is 11.8 Å². The Morgan fingerprint density at radius 2 is 1.90 bits per heavy atom. The Labute approximate surface area is 242 Å². The standard InChI is InChI=1S/C32H30ClNO5S/c1-38-30(35)7-4-14-40-31-23(15-21-5-2-3-6-27(21)32(36)37)16-22-10-13-26(18-28(22)31)39-19-25-12-9-20-8-11-24(33)17-29(20)34-25/h2-3,5-6,8-13,17-18,23,31H,4,7,14-16,19H2,1H3,(H,36,37). The van der Waals surface area contributed by atoms with Crippen LogP contribution in [0.5, 0.6) is 5.75 Å². The van der Waals surface area contributed by atoms with Gasteiger partial charge in [0.25, 0.3) is 0 Å². The molecule has 1 aromatic heterocycles. The van der Waals surface area contributed by atoms with Crippen LogP contribution in [0.15, 0.2) is 72.8 Å². The number of carboxylic acids is 1.